The van der Waals surface area contributed by atoms with E-state index in [0.29, 0.717) is 60.0 Å². The quantitative estimate of drug-likeness (QED) is 0.332. The van der Waals surface area contributed by atoms with Gasteiger partial charge in [0, 0.05) is 55.9 Å². The molecule has 0 aliphatic carbocycles. The number of imidazole rings is 1. The number of nitrogens with zero attached hydrogens (tertiary/aromatic N) is 6. The maximum absolute atomic E-state index is 13.9. The number of fused-ring (bicyclic) bond motifs is 1. The highest BCUT2D eigenvalue weighted by atomic mass is 16.5. The van der Waals surface area contributed by atoms with Crippen molar-refractivity contribution in [2.75, 3.05) is 20.2 Å². The second-order valence-electron chi connectivity index (χ2n) is 9.14. The predicted octanol–water partition coefficient (Wildman–Crippen LogP) is 3.63. The highest BCUT2D eigenvalue weighted by molar-refractivity contribution is 6.46. The molecule has 0 spiro atoms. The molecule has 10 nitrogen and oxygen atoms in total. The molecule has 2 N–H and O–H groups in total. The Labute approximate surface area is 222 Å². The summed E-state index contributed by atoms with van der Waals surface area (Å²) in [6.07, 6.45) is 5.73. The van der Waals surface area contributed by atoms with E-state index < -0.39 is 0 Å². The molecule has 2 aromatic heterocycles. The monoisotopic (exact) mass is 512 g/mol. The van der Waals surface area contributed by atoms with Crippen LogP contribution in [0.2, 0.25) is 0 Å². The number of amides is 1. The maximum atomic E-state index is 13.9. The van der Waals surface area contributed by atoms with Crippen molar-refractivity contribution in [2.45, 2.75) is 46.7 Å². The predicted molar refractivity (Wildman–Crippen MR) is 145 cm³/mol. The molecule has 0 unspecified atom stereocenters. The molecule has 0 saturated carbocycles. The molecule has 1 amide bonds. The number of carbonyl (C=O) groups is 1. The third kappa shape index (κ3) is 5.13. The number of aromatic nitrogens is 3. The van der Waals surface area contributed by atoms with E-state index in [1.165, 1.54) is 6.20 Å². The summed E-state index contributed by atoms with van der Waals surface area (Å²) in [4.78, 5) is 24.5. The van der Waals surface area contributed by atoms with Gasteiger partial charge < -0.3 is 19.6 Å². The first-order chi connectivity index (χ1) is 18.3. The minimum atomic E-state index is -0.336. The number of nitriles is 1. The van der Waals surface area contributed by atoms with Crippen molar-refractivity contribution in [1.29, 1.82) is 10.7 Å². The maximum Gasteiger partial charge on any atom is 0.254 e. The number of hydrogen-bond acceptors (Lipinski definition) is 8. The summed E-state index contributed by atoms with van der Waals surface area (Å²) in [6.45, 7) is 8.92. The Balaban J connectivity index is 1.75. The van der Waals surface area contributed by atoms with Gasteiger partial charge in [-0.15, -0.1) is 0 Å². The third-order valence-corrected chi connectivity index (χ3v) is 6.79. The van der Waals surface area contributed by atoms with Crippen molar-refractivity contribution in [3.63, 3.8) is 0 Å². The highest BCUT2D eigenvalue weighted by Crippen LogP contribution is 2.32. The lowest BCUT2D eigenvalue weighted by Gasteiger charge is -2.34. The van der Waals surface area contributed by atoms with Gasteiger partial charge in [0.2, 0.25) is 0 Å². The van der Waals surface area contributed by atoms with Gasteiger partial charge in [0.05, 0.1) is 29.8 Å². The van der Waals surface area contributed by atoms with Crippen molar-refractivity contribution in [3.05, 3.63) is 76.1 Å². The SMILES string of the molecule is CCOc1cc([C@H](C)N2CCc3c(C(=N)/C(C)=N\NC)cc(Cn4ccnc4C)cc3C2=O)ncc1C#N. The average Bonchev–Trinajstić information content (AvgIpc) is 3.32. The molecule has 1 aliphatic rings. The van der Waals surface area contributed by atoms with E-state index in [2.05, 4.69) is 26.6 Å². The Morgan fingerprint density at radius 2 is 2.13 bits per heavy atom. The van der Waals surface area contributed by atoms with Gasteiger partial charge in [-0.25, -0.2) is 4.98 Å². The van der Waals surface area contributed by atoms with E-state index in [-0.39, 0.29) is 17.7 Å². The van der Waals surface area contributed by atoms with Gasteiger partial charge in [0.15, 0.2) is 0 Å². The number of pyridine rings is 1. The molecule has 0 bridgehead atoms. The Hall–Kier alpha value is -4.52. The number of aryl methyl sites for hydroxylation is 1. The Morgan fingerprint density at radius 3 is 2.79 bits per heavy atom. The van der Waals surface area contributed by atoms with Crippen molar-refractivity contribution in [1.82, 2.24) is 24.9 Å². The fourth-order valence-corrected chi connectivity index (χ4v) is 4.75. The van der Waals surface area contributed by atoms with Gasteiger partial charge in [0.1, 0.15) is 23.2 Å². The summed E-state index contributed by atoms with van der Waals surface area (Å²) in [7, 11) is 1.70. The molecule has 0 saturated heterocycles. The lowest BCUT2D eigenvalue weighted by molar-refractivity contribution is 0.0668. The van der Waals surface area contributed by atoms with Crippen molar-refractivity contribution in [2.24, 2.45) is 5.10 Å². The summed E-state index contributed by atoms with van der Waals surface area (Å²) in [5.41, 5.74) is 7.63. The van der Waals surface area contributed by atoms with E-state index in [9.17, 15) is 10.1 Å². The molecule has 1 atom stereocenters. The largest absolute Gasteiger partial charge is 0.492 e. The van der Waals surface area contributed by atoms with E-state index in [4.69, 9.17) is 10.1 Å². The van der Waals surface area contributed by atoms with Gasteiger partial charge in [-0.2, -0.15) is 10.4 Å². The zero-order valence-electron chi connectivity index (χ0n) is 22.4. The van der Waals surface area contributed by atoms with Crippen LogP contribution in [0.25, 0.3) is 0 Å². The molecule has 10 heteroatoms. The van der Waals surface area contributed by atoms with Crippen LogP contribution in [0.1, 0.15) is 70.9 Å². The molecule has 0 fully saturated rings. The van der Waals surface area contributed by atoms with Crippen molar-refractivity contribution >= 4 is 17.3 Å². The third-order valence-electron chi connectivity index (χ3n) is 6.79. The van der Waals surface area contributed by atoms with Crippen LogP contribution < -0.4 is 10.2 Å². The van der Waals surface area contributed by atoms with E-state index in [1.807, 2.05) is 43.7 Å². The lowest BCUT2D eigenvalue weighted by Crippen LogP contribution is -2.40. The first-order valence-electron chi connectivity index (χ1n) is 12.6. The molecule has 196 valence electrons. The Morgan fingerprint density at radius 1 is 1.34 bits per heavy atom. The topological polar surface area (TPSA) is 132 Å². The highest BCUT2D eigenvalue weighted by Gasteiger charge is 2.32. The normalized spacial score (nSPS) is 14.1. The zero-order valence-corrected chi connectivity index (χ0v) is 22.4. The summed E-state index contributed by atoms with van der Waals surface area (Å²) in [5.74, 6) is 1.21. The molecule has 38 heavy (non-hydrogen) atoms. The fourth-order valence-electron chi connectivity index (χ4n) is 4.75. The van der Waals surface area contributed by atoms with Crippen molar-refractivity contribution in [3.8, 4) is 11.8 Å². The molecule has 3 aromatic rings. The summed E-state index contributed by atoms with van der Waals surface area (Å²) in [6, 6.07) is 7.42. The lowest BCUT2D eigenvalue weighted by atomic mass is 9.87. The minimum Gasteiger partial charge on any atom is -0.492 e. The summed E-state index contributed by atoms with van der Waals surface area (Å²) >= 11 is 0. The van der Waals surface area contributed by atoms with Crippen LogP contribution in [0.15, 0.2) is 41.9 Å². The van der Waals surface area contributed by atoms with Crippen LogP contribution >= 0.6 is 0 Å². The number of benzene rings is 1. The molecule has 1 aliphatic heterocycles. The number of hydrazone groups is 1. The number of hydrogen-bond donors (Lipinski definition) is 2. The number of nitrogens with one attached hydrogen (secondary N) is 2. The zero-order chi connectivity index (χ0) is 27.4. The minimum absolute atomic E-state index is 0.121. The molecule has 4 rings (SSSR count). The first-order valence-corrected chi connectivity index (χ1v) is 12.6. The van der Waals surface area contributed by atoms with Gasteiger partial charge in [-0.3, -0.25) is 15.2 Å². The summed E-state index contributed by atoms with van der Waals surface area (Å²) < 4.78 is 7.64. The summed E-state index contributed by atoms with van der Waals surface area (Å²) in [5, 5.41) is 22.4. The van der Waals surface area contributed by atoms with Gasteiger partial charge >= 0.3 is 0 Å². The van der Waals surface area contributed by atoms with Crippen LogP contribution in [0.4, 0.5) is 0 Å². The first kappa shape index (κ1) is 26.5. The smallest absolute Gasteiger partial charge is 0.254 e. The van der Waals surface area contributed by atoms with Crippen molar-refractivity contribution < 1.29 is 9.53 Å². The van der Waals surface area contributed by atoms with E-state index >= 15 is 0 Å². The fraction of sp³-hybridized carbons (Fsp3) is 0.357. The molecular weight excluding hydrogens is 480 g/mol. The van der Waals surface area contributed by atoms with E-state index in [0.717, 1.165) is 17.0 Å². The molecule has 3 heterocycles. The Kier molecular flexibility index (Phi) is 7.86. The van der Waals surface area contributed by atoms with Crippen LogP contribution in [0, 0.1) is 23.7 Å². The average molecular weight is 513 g/mol. The van der Waals surface area contributed by atoms with Crippen LogP contribution in [-0.4, -0.2) is 57.0 Å². The van der Waals surface area contributed by atoms with Gasteiger partial charge in [-0.1, -0.05) is 0 Å². The number of carbonyl (C=O) groups excluding carboxylic acids is 1. The number of rotatable bonds is 9. The second-order valence-corrected chi connectivity index (χ2v) is 9.14. The van der Waals surface area contributed by atoms with Gasteiger partial charge in [-0.05, 0) is 57.4 Å². The Bertz CT molecular complexity index is 1450. The van der Waals surface area contributed by atoms with E-state index in [1.54, 1.807) is 31.1 Å². The van der Waals surface area contributed by atoms with Crippen LogP contribution in [-0.2, 0) is 13.0 Å². The standard InChI is InChI=1S/C28H32N8O2/c1-6-38-26-13-25(33-15-21(26)14-29)18(3)36-9-7-22-23(27(30)17(2)34-31-5)11-20(12-24(22)28(36)37)16-35-10-8-32-19(35)4/h8,10-13,15,18,30-31H,6-7,9,16H2,1-5H3/b30-27?,34-17-/t18-/m0/s1. The molecule has 0 radical (unpaired) electrons. The van der Waals surface area contributed by atoms with Crippen LogP contribution in [0.5, 0.6) is 5.75 Å². The van der Waals surface area contributed by atoms with Gasteiger partial charge in [0.25, 0.3) is 5.91 Å². The molecular formula is C28H32N8O2. The van der Waals surface area contributed by atoms with Crippen LogP contribution in [0.3, 0.4) is 0 Å². The molecule has 1 aromatic carbocycles. The number of ether oxygens (including phenoxy) is 1. The second kappa shape index (κ2) is 11.3.